The molecule has 98 valence electrons. The van der Waals surface area contributed by atoms with Crippen LogP contribution < -0.4 is 4.74 Å². The second kappa shape index (κ2) is 5.48. The van der Waals surface area contributed by atoms with Crippen LogP contribution in [0, 0.1) is 11.6 Å². The van der Waals surface area contributed by atoms with Gasteiger partial charge in [-0.1, -0.05) is 6.07 Å². The Kier molecular flexibility index (Phi) is 3.95. The Morgan fingerprint density at radius 2 is 1.89 bits per heavy atom. The second-order valence-corrected chi connectivity index (χ2v) is 4.63. The van der Waals surface area contributed by atoms with Crippen molar-refractivity contribution in [2.75, 3.05) is 7.11 Å². The second-order valence-electron chi connectivity index (χ2n) is 3.77. The summed E-state index contributed by atoms with van der Waals surface area (Å²) in [5.74, 6) is -1.87. The number of benzene rings is 2. The fourth-order valence-corrected chi connectivity index (χ4v) is 2.18. The van der Waals surface area contributed by atoms with Crippen LogP contribution in [0.4, 0.5) is 8.78 Å². The highest BCUT2D eigenvalue weighted by Crippen LogP contribution is 2.25. The Morgan fingerprint density at radius 3 is 2.47 bits per heavy atom. The standard InChI is InChI=1S/C14H9BrF2O2/c1-19-8-5-6-9(12(17)7-8)14(18)13-10(15)3-2-4-11(13)16/h2-7H,1H3. The molecule has 0 radical (unpaired) electrons. The summed E-state index contributed by atoms with van der Waals surface area (Å²) in [6.45, 7) is 0. The zero-order chi connectivity index (χ0) is 14.0. The maximum absolute atomic E-state index is 13.8. The monoisotopic (exact) mass is 326 g/mol. The Balaban J connectivity index is 2.51. The van der Waals surface area contributed by atoms with Crippen LogP contribution in [0.25, 0.3) is 0 Å². The predicted octanol–water partition coefficient (Wildman–Crippen LogP) is 3.97. The highest BCUT2D eigenvalue weighted by molar-refractivity contribution is 9.10. The number of halogens is 3. The molecular formula is C14H9BrF2O2. The molecule has 19 heavy (non-hydrogen) atoms. The van der Waals surface area contributed by atoms with Crippen LogP contribution in [0.15, 0.2) is 40.9 Å². The third kappa shape index (κ3) is 2.66. The first-order valence-corrected chi connectivity index (χ1v) is 6.16. The molecule has 2 aromatic rings. The van der Waals surface area contributed by atoms with Crippen LogP contribution in [0.5, 0.6) is 5.75 Å². The van der Waals surface area contributed by atoms with Gasteiger partial charge in [-0.2, -0.15) is 0 Å². The fourth-order valence-electron chi connectivity index (χ4n) is 1.66. The number of rotatable bonds is 3. The quantitative estimate of drug-likeness (QED) is 0.798. The molecule has 0 spiro atoms. The first-order valence-electron chi connectivity index (χ1n) is 5.37. The molecule has 2 rings (SSSR count). The van der Waals surface area contributed by atoms with Gasteiger partial charge in [-0.05, 0) is 40.2 Å². The van der Waals surface area contributed by atoms with Gasteiger partial charge in [-0.15, -0.1) is 0 Å². The van der Waals surface area contributed by atoms with Crippen molar-refractivity contribution >= 4 is 21.7 Å². The molecule has 0 bridgehead atoms. The lowest BCUT2D eigenvalue weighted by atomic mass is 10.0. The van der Waals surface area contributed by atoms with Crippen molar-refractivity contribution in [3.63, 3.8) is 0 Å². The van der Waals surface area contributed by atoms with Crippen molar-refractivity contribution in [1.29, 1.82) is 0 Å². The summed E-state index contributed by atoms with van der Waals surface area (Å²) in [4.78, 5) is 12.2. The van der Waals surface area contributed by atoms with Gasteiger partial charge in [-0.3, -0.25) is 4.79 Å². The number of ether oxygens (including phenoxy) is 1. The van der Waals surface area contributed by atoms with E-state index in [1.54, 1.807) is 0 Å². The zero-order valence-electron chi connectivity index (χ0n) is 9.91. The molecule has 0 aromatic heterocycles. The topological polar surface area (TPSA) is 26.3 Å². The van der Waals surface area contributed by atoms with E-state index < -0.39 is 17.4 Å². The first-order chi connectivity index (χ1) is 9.04. The number of carbonyl (C=O) groups excluding carboxylic acids is 1. The fraction of sp³-hybridized carbons (Fsp3) is 0.0714. The number of carbonyl (C=O) groups is 1. The molecule has 0 aliphatic rings. The van der Waals surface area contributed by atoms with Crippen molar-refractivity contribution in [3.8, 4) is 5.75 Å². The highest BCUT2D eigenvalue weighted by Gasteiger charge is 2.20. The van der Waals surface area contributed by atoms with Crippen LogP contribution in [0.3, 0.4) is 0 Å². The van der Waals surface area contributed by atoms with E-state index in [2.05, 4.69) is 15.9 Å². The van der Waals surface area contributed by atoms with Crippen LogP contribution in [-0.2, 0) is 0 Å². The summed E-state index contributed by atoms with van der Waals surface area (Å²) in [5.41, 5.74) is -0.391. The van der Waals surface area contributed by atoms with Gasteiger partial charge >= 0.3 is 0 Å². The molecule has 0 aliphatic heterocycles. The molecule has 0 fully saturated rings. The van der Waals surface area contributed by atoms with Gasteiger partial charge in [0, 0.05) is 10.5 Å². The molecule has 0 heterocycles. The van der Waals surface area contributed by atoms with Crippen LogP contribution in [0.2, 0.25) is 0 Å². The van der Waals surface area contributed by atoms with E-state index in [-0.39, 0.29) is 15.6 Å². The minimum absolute atomic E-state index is 0.188. The summed E-state index contributed by atoms with van der Waals surface area (Å²) in [6.07, 6.45) is 0. The number of methoxy groups -OCH3 is 1. The largest absolute Gasteiger partial charge is 0.497 e. The molecule has 0 unspecified atom stereocenters. The molecule has 2 nitrogen and oxygen atoms in total. The summed E-state index contributed by atoms with van der Waals surface area (Å²) in [7, 11) is 1.39. The molecule has 0 N–H and O–H groups in total. The predicted molar refractivity (Wildman–Crippen MR) is 70.5 cm³/mol. The highest BCUT2D eigenvalue weighted by atomic mass is 79.9. The maximum atomic E-state index is 13.8. The van der Waals surface area contributed by atoms with E-state index in [0.29, 0.717) is 5.75 Å². The minimum Gasteiger partial charge on any atom is -0.497 e. The van der Waals surface area contributed by atoms with Gasteiger partial charge in [0.15, 0.2) is 5.78 Å². The molecule has 0 saturated heterocycles. The maximum Gasteiger partial charge on any atom is 0.200 e. The third-order valence-electron chi connectivity index (χ3n) is 2.61. The summed E-state index contributed by atoms with van der Waals surface area (Å²) >= 11 is 3.09. The molecule has 0 aliphatic carbocycles. The average Bonchev–Trinajstić information content (AvgIpc) is 2.38. The van der Waals surface area contributed by atoms with E-state index in [1.807, 2.05) is 0 Å². The van der Waals surface area contributed by atoms with Crippen LogP contribution >= 0.6 is 15.9 Å². The molecule has 0 atom stereocenters. The number of hydrogen-bond acceptors (Lipinski definition) is 2. The number of hydrogen-bond donors (Lipinski definition) is 0. The lowest BCUT2D eigenvalue weighted by molar-refractivity contribution is 0.103. The van der Waals surface area contributed by atoms with E-state index in [0.717, 1.165) is 12.1 Å². The van der Waals surface area contributed by atoms with Crippen molar-refractivity contribution < 1.29 is 18.3 Å². The SMILES string of the molecule is COc1ccc(C(=O)c2c(F)cccc2Br)c(F)c1. The van der Waals surface area contributed by atoms with Crippen molar-refractivity contribution in [1.82, 2.24) is 0 Å². The third-order valence-corrected chi connectivity index (χ3v) is 3.27. The molecule has 0 saturated carbocycles. The molecule has 0 amide bonds. The summed E-state index contributed by atoms with van der Waals surface area (Å²) in [6, 6.07) is 7.94. The number of ketones is 1. The van der Waals surface area contributed by atoms with E-state index >= 15 is 0 Å². The van der Waals surface area contributed by atoms with Crippen LogP contribution in [-0.4, -0.2) is 12.9 Å². The summed E-state index contributed by atoms with van der Waals surface area (Å²) in [5, 5.41) is 0. The smallest absolute Gasteiger partial charge is 0.200 e. The van der Waals surface area contributed by atoms with Crippen molar-refractivity contribution in [2.45, 2.75) is 0 Å². The molecule has 5 heteroatoms. The first kappa shape index (κ1) is 13.7. The van der Waals surface area contributed by atoms with Gasteiger partial charge in [-0.25, -0.2) is 8.78 Å². The van der Waals surface area contributed by atoms with E-state index in [1.165, 1.54) is 31.4 Å². The van der Waals surface area contributed by atoms with Gasteiger partial charge < -0.3 is 4.74 Å². The van der Waals surface area contributed by atoms with Gasteiger partial charge in [0.1, 0.15) is 17.4 Å². The molecular weight excluding hydrogens is 318 g/mol. The minimum atomic E-state index is -0.750. The normalized spacial score (nSPS) is 10.3. The zero-order valence-corrected chi connectivity index (χ0v) is 11.5. The Bertz CT molecular complexity index is 621. The lowest BCUT2D eigenvalue weighted by Gasteiger charge is -2.07. The Labute approximate surface area is 117 Å². The van der Waals surface area contributed by atoms with Crippen LogP contribution in [0.1, 0.15) is 15.9 Å². The van der Waals surface area contributed by atoms with E-state index in [4.69, 9.17) is 4.74 Å². The summed E-state index contributed by atoms with van der Waals surface area (Å²) < 4.78 is 32.6. The van der Waals surface area contributed by atoms with Gasteiger partial charge in [0.2, 0.25) is 0 Å². The average molecular weight is 327 g/mol. The van der Waals surface area contributed by atoms with Gasteiger partial charge in [0.25, 0.3) is 0 Å². The van der Waals surface area contributed by atoms with Gasteiger partial charge in [0.05, 0.1) is 18.2 Å². The molecule has 2 aromatic carbocycles. The lowest BCUT2D eigenvalue weighted by Crippen LogP contribution is -2.08. The van der Waals surface area contributed by atoms with Crippen molar-refractivity contribution in [2.24, 2.45) is 0 Å². The van der Waals surface area contributed by atoms with E-state index in [9.17, 15) is 13.6 Å². The Morgan fingerprint density at radius 1 is 1.16 bits per heavy atom. The Hall–Kier alpha value is -1.75. The van der Waals surface area contributed by atoms with Crippen molar-refractivity contribution in [3.05, 3.63) is 63.6 Å².